The first-order valence-electron chi connectivity index (χ1n) is 3.18. The summed E-state index contributed by atoms with van der Waals surface area (Å²) in [5.74, 6) is 0. The Balaban J connectivity index is 3.17. The molecular weight excluding hydrogens is 112 g/mol. The highest BCUT2D eigenvalue weighted by atomic mass is 14.8. The van der Waals surface area contributed by atoms with E-state index in [9.17, 15) is 0 Å². The number of hydrogen-bond acceptors (Lipinski definition) is 1. The van der Waals surface area contributed by atoms with Gasteiger partial charge in [-0.3, -0.25) is 4.99 Å². The molecule has 0 unspecified atom stereocenters. The Morgan fingerprint density at radius 3 is 2.89 bits per heavy atom. The Labute approximate surface area is 56.5 Å². The molecule has 0 aliphatic heterocycles. The summed E-state index contributed by atoms with van der Waals surface area (Å²) < 4.78 is 0. The van der Waals surface area contributed by atoms with Crippen molar-refractivity contribution in [2.24, 2.45) is 10.7 Å². The molecule has 0 atom stereocenters. The van der Waals surface area contributed by atoms with Crippen LogP contribution in [0.25, 0.3) is 0 Å². The molecule has 2 N–H and O–H groups in total. The van der Waals surface area contributed by atoms with Crippen LogP contribution in [0.5, 0.6) is 0 Å². The number of rotatable bonds is 4. The quantitative estimate of drug-likeness (QED) is 0.344. The molecule has 0 spiro atoms. The lowest BCUT2D eigenvalue weighted by molar-refractivity contribution is 0.902. The maximum Gasteiger partial charge on any atom is 0.0797 e. The first-order valence-corrected chi connectivity index (χ1v) is 3.18. The van der Waals surface area contributed by atoms with E-state index in [4.69, 9.17) is 5.73 Å². The summed E-state index contributed by atoms with van der Waals surface area (Å²) in [4.78, 5) is 3.85. The van der Waals surface area contributed by atoms with E-state index >= 15 is 0 Å². The molecule has 2 heteroatoms. The predicted octanol–water partition coefficient (Wildman–Crippen LogP) is 1.33. The van der Waals surface area contributed by atoms with E-state index in [-0.39, 0.29) is 0 Å². The summed E-state index contributed by atoms with van der Waals surface area (Å²) in [5, 5.41) is 0. The zero-order valence-corrected chi connectivity index (χ0v) is 5.93. The number of nitrogens with two attached hydrogens (primary N) is 1. The third-order valence-electron chi connectivity index (χ3n) is 1.20. The second kappa shape index (κ2) is 5.35. The standard InChI is InChI=1S/C7H14N2/c1-3-7(2)4-5-9-6-8/h6H,2-5H2,1H3,(H2,8,9). The first kappa shape index (κ1) is 8.21. The van der Waals surface area contributed by atoms with Crippen molar-refractivity contribution in [3.8, 4) is 0 Å². The van der Waals surface area contributed by atoms with E-state index in [1.165, 1.54) is 11.9 Å². The molecule has 0 heterocycles. The average Bonchev–Trinajstić information content (AvgIpc) is 1.89. The highest BCUT2D eigenvalue weighted by Gasteiger charge is 1.86. The molecule has 0 rings (SSSR count). The van der Waals surface area contributed by atoms with Gasteiger partial charge in [-0.25, -0.2) is 0 Å². The Morgan fingerprint density at radius 1 is 1.78 bits per heavy atom. The number of hydrogen-bond donors (Lipinski definition) is 1. The maximum atomic E-state index is 5.03. The van der Waals surface area contributed by atoms with Gasteiger partial charge in [0.25, 0.3) is 0 Å². The minimum Gasteiger partial charge on any atom is -0.390 e. The summed E-state index contributed by atoms with van der Waals surface area (Å²) in [5.41, 5.74) is 6.27. The Morgan fingerprint density at radius 2 is 2.44 bits per heavy atom. The van der Waals surface area contributed by atoms with Crippen molar-refractivity contribution in [1.29, 1.82) is 0 Å². The van der Waals surface area contributed by atoms with E-state index in [2.05, 4.69) is 18.5 Å². The van der Waals surface area contributed by atoms with Crippen LogP contribution in [0.1, 0.15) is 19.8 Å². The highest BCUT2D eigenvalue weighted by molar-refractivity contribution is 5.51. The van der Waals surface area contributed by atoms with Gasteiger partial charge in [0.05, 0.1) is 6.34 Å². The summed E-state index contributed by atoms with van der Waals surface area (Å²) in [6, 6.07) is 0. The van der Waals surface area contributed by atoms with Gasteiger partial charge in [0.2, 0.25) is 0 Å². The highest BCUT2D eigenvalue weighted by Crippen LogP contribution is 2.01. The Kier molecular flexibility index (Phi) is 4.88. The fourth-order valence-corrected chi connectivity index (χ4v) is 0.474. The molecule has 0 aromatic rings. The molecule has 0 fully saturated rings. The van der Waals surface area contributed by atoms with Gasteiger partial charge in [-0.1, -0.05) is 19.1 Å². The smallest absolute Gasteiger partial charge is 0.0797 e. The second-order valence-corrected chi connectivity index (χ2v) is 1.91. The zero-order chi connectivity index (χ0) is 7.11. The largest absolute Gasteiger partial charge is 0.390 e. The second-order valence-electron chi connectivity index (χ2n) is 1.91. The number of nitrogens with zero attached hydrogens (tertiary/aromatic N) is 1. The molecule has 0 saturated carbocycles. The monoisotopic (exact) mass is 126 g/mol. The fourth-order valence-electron chi connectivity index (χ4n) is 0.474. The van der Waals surface area contributed by atoms with Gasteiger partial charge in [0, 0.05) is 6.54 Å². The molecule has 52 valence electrons. The average molecular weight is 126 g/mol. The van der Waals surface area contributed by atoms with Crippen molar-refractivity contribution in [3.05, 3.63) is 12.2 Å². The third-order valence-corrected chi connectivity index (χ3v) is 1.20. The van der Waals surface area contributed by atoms with Gasteiger partial charge >= 0.3 is 0 Å². The van der Waals surface area contributed by atoms with Crippen molar-refractivity contribution in [2.75, 3.05) is 6.54 Å². The Bertz CT molecular complexity index is 105. The third kappa shape index (κ3) is 5.07. The molecule has 0 aliphatic carbocycles. The van der Waals surface area contributed by atoms with Crippen molar-refractivity contribution in [1.82, 2.24) is 0 Å². The Hall–Kier alpha value is -0.790. The van der Waals surface area contributed by atoms with E-state index in [0.29, 0.717) is 0 Å². The van der Waals surface area contributed by atoms with E-state index in [1.54, 1.807) is 0 Å². The van der Waals surface area contributed by atoms with E-state index < -0.39 is 0 Å². The lowest BCUT2D eigenvalue weighted by Gasteiger charge is -1.95. The van der Waals surface area contributed by atoms with Crippen LogP contribution in [-0.2, 0) is 0 Å². The molecule has 0 saturated heterocycles. The normalized spacial score (nSPS) is 10.3. The van der Waals surface area contributed by atoms with Crippen LogP contribution in [0.4, 0.5) is 0 Å². The van der Waals surface area contributed by atoms with Crippen LogP contribution in [0, 0.1) is 0 Å². The lowest BCUT2D eigenvalue weighted by atomic mass is 10.2. The van der Waals surface area contributed by atoms with Gasteiger partial charge in [0.15, 0.2) is 0 Å². The molecular formula is C7H14N2. The van der Waals surface area contributed by atoms with Crippen molar-refractivity contribution < 1.29 is 0 Å². The topological polar surface area (TPSA) is 38.4 Å². The van der Waals surface area contributed by atoms with Gasteiger partial charge in [0.1, 0.15) is 0 Å². The van der Waals surface area contributed by atoms with Crippen molar-refractivity contribution in [3.63, 3.8) is 0 Å². The first-order chi connectivity index (χ1) is 4.31. The molecule has 0 aliphatic rings. The van der Waals surface area contributed by atoms with Crippen molar-refractivity contribution >= 4 is 6.34 Å². The van der Waals surface area contributed by atoms with Gasteiger partial charge in [-0.05, 0) is 12.8 Å². The summed E-state index contributed by atoms with van der Waals surface area (Å²) in [6.07, 6.45) is 3.34. The van der Waals surface area contributed by atoms with Crippen LogP contribution >= 0.6 is 0 Å². The van der Waals surface area contributed by atoms with Crippen LogP contribution in [0.15, 0.2) is 17.1 Å². The lowest BCUT2D eigenvalue weighted by Crippen LogP contribution is -1.91. The summed E-state index contributed by atoms with van der Waals surface area (Å²) in [7, 11) is 0. The predicted molar refractivity (Wildman–Crippen MR) is 41.6 cm³/mol. The maximum absolute atomic E-state index is 5.03. The molecule has 0 bridgehead atoms. The SMILES string of the molecule is C=C(CC)CC/N=C\N. The molecule has 9 heavy (non-hydrogen) atoms. The summed E-state index contributed by atoms with van der Waals surface area (Å²) in [6.45, 7) is 6.70. The van der Waals surface area contributed by atoms with Crippen molar-refractivity contribution in [2.45, 2.75) is 19.8 Å². The van der Waals surface area contributed by atoms with Crippen LogP contribution in [-0.4, -0.2) is 12.9 Å². The minimum absolute atomic E-state index is 0.781. The van der Waals surface area contributed by atoms with Crippen LogP contribution in [0.2, 0.25) is 0 Å². The summed E-state index contributed by atoms with van der Waals surface area (Å²) >= 11 is 0. The van der Waals surface area contributed by atoms with Gasteiger partial charge in [-0.2, -0.15) is 0 Å². The molecule has 0 aromatic heterocycles. The zero-order valence-electron chi connectivity index (χ0n) is 5.93. The number of aliphatic imine (C=N–C) groups is 1. The van der Waals surface area contributed by atoms with Gasteiger partial charge < -0.3 is 5.73 Å². The molecule has 0 aromatic carbocycles. The fraction of sp³-hybridized carbons (Fsp3) is 0.571. The molecule has 0 amide bonds. The van der Waals surface area contributed by atoms with Gasteiger partial charge in [-0.15, -0.1) is 0 Å². The van der Waals surface area contributed by atoms with Crippen LogP contribution in [0.3, 0.4) is 0 Å². The molecule has 2 nitrogen and oxygen atoms in total. The van der Waals surface area contributed by atoms with E-state index in [1.807, 2.05) is 0 Å². The minimum atomic E-state index is 0.781. The molecule has 0 radical (unpaired) electrons. The van der Waals surface area contributed by atoms with E-state index in [0.717, 1.165) is 19.4 Å². The van der Waals surface area contributed by atoms with Crippen LogP contribution < -0.4 is 5.73 Å².